The van der Waals surface area contributed by atoms with Gasteiger partial charge >= 0.3 is 5.97 Å². The number of unbranched alkanes of at least 4 members (excludes halogenated alkanes) is 3. The molecule has 0 aliphatic heterocycles. The molecule has 0 amide bonds. The topological polar surface area (TPSA) is 69.4 Å². The van der Waals surface area contributed by atoms with Gasteiger partial charge in [-0.05, 0) is 24.3 Å². The van der Waals surface area contributed by atoms with Crippen molar-refractivity contribution >= 4 is 23.4 Å². The Hall–Kier alpha value is -1.56. The quantitative estimate of drug-likeness (QED) is 0.228. The van der Waals surface area contributed by atoms with E-state index in [0.717, 1.165) is 12.2 Å². The number of nitrogens with zero attached hydrogens (tertiary/aromatic N) is 1. The van der Waals surface area contributed by atoms with Crippen molar-refractivity contribution in [3.8, 4) is 5.75 Å². The van der Waals surface area contributed by atoms with Crippen LogP contribution >= 0.6 is 11.8 Å². The fraction of sp³-hybridized carbons (Fsp3) is 0.500. The molecule has 0 heterocycles. The third-order valence-corrected chi connectivity index (χ3v) is 3.66. The Kier molecular flexibility index (Phi) is 7.72. The first-order valence-corrected chi connectivity index (χ1v) is 7.82. The highest BCUT2D eigenvalue weighted by molar-refractivity contribution is 7.99. The Morgan fingerprint density at radius 1 is 1.25 bits per heavy atom. The van der Waals surface area contributed by atoms with Crippen LogP contribution in [-0.4, -0.2) is 22.4 Å². The van der Waals surface area contributed by atoms with Gasteiger partial charge in [-0.25, -0.2) is 0 Å². The summed E-state index contributed by atoms with van der Waals surface area (Å²) in [6.07, 6.45) is 4.74. The predicted octanol–water partition coefficient (Wildman–Crippen LogP) is 3.81. The molecule has 110 valence electrons. The average molecular weight is 297 g/mol. The van der Waals surface area contributed by atoms with E-state index in [2.05, 4.69) is 6.92 Å². The van der Waals surface area contributed by atoms with Crippen LogP contribution < -0.4 is 4.74 Å². The minimum Gasteiger partial charge on any atom is -0.426 e. The Bertz CT molecular complexity index is 433. The summed E-state index contributed by atoms with van der Waals surface area (Å²) in [6, 6.07) is 5.50. The fourth-order valence-electron chi connectivity index (χ4n) is 1.58. The lowest BCUT2D eigenvalue weighted by atomic mass is 10.2. The van der Waals surface area contributed by atoms with Crippen LogP contribution in [0.3, 0.4) is 0 Å². The monoisotopic (exact) mass is 297 g/mol. The van der Waals surface area contributed by atoms with E-state index in [1.807, 2.05) is 0 Å². The zero-order chi connectivity index (χ0) is 14.8. The third-order valence-electron chi connectivity index (χ3n) is 2.64. The molecule has 0 fully saturated rings. The van der Waals surface area contributed by atoms with Crippen molar-refractivity contribution in [3.63, 3.8) is 0 Å². The minimum absolute atomic E-state index is 0.0184. The van der Waals surface area contributed by atoms with Crippen molar-refractivity contribution < 1.29 is 14.5 Å². The number of thioether (sulfide) groups is 1. The second kappa shape index (κ2) is 9.36. The number of non-ortho nitro benzene ring substituents is 1. The zero-order valence-corrected chi connectivity index (χ0v) is 12.4. The first-order valence-electron chi connectivity index (χ1n) is 6.66. The molecule has 1 aromatic rings. The van der Waals surface area contributed by atoms with Crippen LogP contribution in [0.1, 0.15) is 32.6 Å². The number of carbonyl (C=O) groups excluding carboxylic acids is 1. The van der Waals surface area contributed by atoms with Gasteiger partial charge in [0.15, 0.2) is 0 Å². The van der Waals surface area contributed by atoms with E-state index < -0.39 is 4.92 Å². The second-order valence-corrected chi connectivity index (χ2v) is 5.44. The molecule has 0 saturated carbocycles. The normalized spacial score (nSPS) is 10.2. The van der Waals surface area contributed by atoms with E-state index in [0.29, 0.717) is 11.5 Å². The van der Waals surface area contributed by atoms with Gasteiger partial charge in [-0.3, -0.25) is 14.9 Å². The van der Waals surface area contributed by atoms with Gasteiger partial charge in [0.25, 0.3) is 5.69 Å². The van der Waals surface area contributed by atoms with Crippen LogP contribution in [0.5, 0.6) is 5.75 Å². The number of carbonyl (C=O) groups is 1. The first-order chi connectivity index (χ1) is 9.63. The van der Waals surface area contributed by atoms with Crippen molar-refractivity contribution in [2.75, 3.05) is 11.5 Å². The summed E-state index contributed by atoms with van der Waals surface area (Å²) >= 11 is 1.56. The van der Waals surface area contributed by atoms with E-state index >= 15 is 0 Å². The Morgan fingerprint density at radius 3 is 2.55 bits per heavy atom. The highest BCUT2D eigenvalue weighted by Gasteiger charge is 2.08. The predicted molar refractivity (Wildman–Crippen MR) is 80.2 cm³/mol. The summed E-state index contributed by atoms with van der Waals surface area (Å²) in [6.45, 7) is 2.16. The highest BCUT2D eigenvalue weighted by atomic mass is 32.2. The van der Waals surface area contributed by atoms with E-state index in [1.54, 1.807) is 11.8 Å². The van der Waals surface area contributed by atoms with Gasteiger partial charge in [-0.2, -0.15) is 11.8 Å². The van der Waals surface area contributed by atoms with Crippen molar-refractivity contribution in [2.45, 2.75) is 32.6 Å². The summed E-state index contributed by atoms with van der Waals surface area (Å²) in [5.74, 6) is 1.28. The Labute approximate surface area is 122 Å². The molecule has 0 aromatic heterocycles. The number of rotatable bonds is 9. The molecular weight excluding hydrogens is 278 g/mol. The van der Waals surface area contributed by atoms with E-state index in [9.17, 15) is 14.9 Å². The van der Waals surface area contributed by atoms with Gasteiger partial charge in [0.1, 0.15) is 5.75 Å². The summed E-state index contributed by atoms with van der Waals surface area (Å²) in [5.41, 5.74) is -0.0184. The molecule has 0 atom stereocenters. The van der Waals surface area contributed by atoms with Crippen molar-refractivity contribution in [3.05, 3.63) is 34.4 Å². The van der Waals surface area contributed by atoms with E-state index in [-0.39, 0.29) is 11.7 Å². The van der Waals surface area contributed by atoms with Crippen LogP contribution in [-0.2, 0) is 4.79 Å². The second-order valence-electron chi connectivity index (χ2n) is 4.34. The molecule has 0 aliphatic rings. The smallest absolute Gasteiger partial charge is 0.321 e. The first kappa shape index (κ1) is 16.5. The average Bonchev–Trinajstić information content (AvgIpc) is 2.43. The van der Waals surface area contributed by atoms with Crippen LogP contribution in [0.15, 0.2) is 24.3 Å². The van der Waals surface area contributed by atoms with Gasteiger partial charge in [-0.15, -0.1) is 0 Å². The molecule has 5 nitrogen and oxygen atoms in total. The number of benzene rings is 1. The number of hydrogen-bond acceptors (Lipinski definition) is 5. The molecule has 0 spiro atoms. The van der Waals surface area contributed by atoms with Gasteiger partial charge < -0.3 is 4.74 Å². The largest absolute Gasteiger partial charge is 0.426 e. The van der Waals surface area contributed by atoms with Crippen LogP contribution in [0.4, 0.5) is 5.69 Å². The standard InChI is InChI=1S/C14H19NO4S/c1-2-3-4-5-10-20-11-14(16)19-13-8-6-12(7-9-13)15(17)18/h6-9H,2-5,10-11H2,1H3. The number of hydrogen-bond donors (Lipinski definition) is 0. The Balaban J connectivity index is 2.23. The van der Waals surface area contributed by atoms with Crippen molar-refractivity contribution in [2.24, 2.45) is 0 Å². The number of ether oxygens (including phenoxy) is 1. The van der Waals surface area contributed by atoms with Gasteiger partial charge in [0.05, 0.1) is 10.7 Å². The molecule has 0 radical (unpaired) electrons. The molecule has 20 heavy (non-hydrogen) atoms. The highest BCUT2D eigenvalue weighted by Crippen LogP contribution is 2.18. The van der Waals surface area contributed by atoms with Gasteiger partial charge in [0, 0.05) is 12.1 Å². The number of nitro benzene ring substituents is 1. The summed E-state index contributed by atoms with van der Waals surface area (Å²) in [7, 11) is 0. The zero-order valence-electron chi connectivity index (χ0n) is 11.5. The van der Waals surface area contributed by atoms with Crippen molar-refractivity contribution in [1.82, 2.24) is 0 Å². The number of nitro groups is 1. The lowest BCUT2D eigenvalue weighted by molar-refractivity contribution is -0.384. The Morgan fingerprint density at radius 2 is 1.95 bits per heavy atom. The third kappa shape index (κ3) is 6.56. The lowest BCUT2D eigenvalue weighted by Crippen LogP contribution is -2.11. The SMILES string of the molecule is CCCCCCSCC(=O)Oc1ccc([N+](=O)[O-])cc1. The van der Waals surface area contributed by atoms with Gasteiger partial charge in [0.2, 0.25) is 0 Å². The molecule has 0 bridgehead atoms. The van der Waals surface area contributed by atoms with Crippen LogP contribution in [0.2, 0.25) is 0 Å². The van der Waals surface area contributed by atoms with E-state index in [4.69, 9.17) is 4.74 Å². The molecule has 0 N–H and O–H groups in total. The summed E-state index contributed by atoms with van der Waals surface area (Å²) < 4.78 is 5.09. The summed E-state index contributed by atoms with van der Waals surface area (Å²) in [4.78, 5) is 21.5. The maximum Gasteiger partial charge on any atom is 0.321 e. The molecule has 1 rings (SSSR count). The summed E-state index contributed by atoms with van der Waals surface area (Å²) in [5, 5.41) is 10.5. The molecule has 0 saturated heterocycles. The number of esters is 1. The van der Waals surface area contributed by atoms with Gasteiger partial charge in [-0.1, -0.05) is 26.2 Å². The minimum atomic E-state index is -0.488. The molecule has 6 heteroatoms. The molecule has 1 aromatic carbocycles. The lowest BCUT2D eigenvalue weighted by Gasteiger charge is -2.04. The fourth-order valence-corrected chi connectivity index (χ4v) is 2.36. The molecule has 0 aliphatic carbocycles. The van der Waals surface area contributed by atoms with E-state index in [1.165, 1.54) is 43.5 Å². The van der Waals surface area contributed by atoms with Crippen molar-refractivity contribution in [1.29, 1.82) is 0 Å². The molecular formula is C14H19NO4S. The maximum atomic E-state index is 11.5. The molecule has 0 unspecified atom stereocenters. The van der Waals surface area contributed by atoms with Crippen LogP contribution in [0, 0.1) is 10.1 Å². The maximum absolute atomic E-state index is 11.5. The van der Waals surface area contributed by atoms with Crippen LogP contribution in [0.25, 0.3) is 0 Å².